The van der Waals surface area contributed by atoms with E-state index in [1.807, 2.05) is 37.3 Å². The van der Waals surface area contributed by atoms with Crippen LogP contribution in [0.3, 0.4) is 0 Å². The molecule has 186 valence electrons. The highest BCUT2D eigenvalue weighted by atomic mass is 32.2. The van der Waals surface area contributed by atoms with Crippen LogP contribution in [-0.2, 0) is 9.59 Å². The van der Waals surface area contributed by atoms with Crippen molar-refractivity contribution in [3.63, 3.8) is 0 Å². The molecule has 2 N–H and O–H groups in total. The summed E-state index contributed by atoms with van der Waals surface area (Å²) in [5.74, 6) is -0.943. The second kappa shape index (κ2) is 13.4. The number of nitrogens with one attached hydrogen (secondary N) is 2. The number of anilines is 1. The van der Waals surface area contributed by atoms with Gasteiger partial charge in [-0.15, -0.1) is 11.8 Å². The maximum atomic E-state index is 12.9. The van der Waals surface area contributed by atoms with Crippen LogP contribution in [0.15, 0.2) is 24.3 Å². The van der Waals surface area contributed by atoms with E-state index in [1.165, 1.54) is 31.0 Å². The predicted octanol–water partition coefficient (Wildman–Crippen LogP) is 2.48. The van der Waals surface area contributed by atoms with Crippen LogP contribution in [0.4, 0.5) is 10.1 Å². The first-order chi connectivity index (χ1) is 16.6. The fraction of sp³-hybridized carbons (Fsp3) is 0.625. The second-order valence-corrected chi connectivity index (χ2v) is 9.71. The molecule has 0 radical (unpaired) electrons. The number of nitriles is 1. The Hall–Kier alpha value is -2.51. The van der Waals surface area contributed by atoms with E-state index >= 15 is 0 Å². The zero-order valence-corrected chi connectivity index (χ0v) is 20.5. The third kappa shape index (κ3) is 7.00. The topological polar surface area (TPSA) is 97.7 Å². The van der Waals surface area contributed by atoms with E-state index < -0.39 is 29.1 Å². The summed E-state index contributed by atoms with van der Waals surface area (Å²) in [5.41, 5.74) is 0.841. The molecule has 0 aliphatic carbocycles. The van der Waals surface area contributed by atoms with E-state index in [0.717, 1.165) is 31.1 Å². The number of carbonyl (C=O) groups is 2. The lowest BCUT2D eigenvalue weighted by Crippen LogP contribution is -2.44. The molecule has 3 atom stereocenters. The molecule has 8 nitrogen and oxygen atoms in total. The molecule has 3 rings (SSSR count). The average Bonchev–Trinajstić information content (AvgIpc) is 3.17. The SMILES string of the molecule is CCN1C(=O)[C@@H](CNc2cccc(OCCN3CCCCC3)c2)SC1[C@H](C#N)C(=O)NCCF. The Kier molecular flexibility index (Phi) is 10.3. The van der Waals surface area contributed by atoms with Crippen molar-refractivity contribution < 1.29 is 18.7 Å². The lowest BCUT2D eigenvalue weighted by Gasteiger charge is -2.26. The summed E-state index contributed by atoms with van der Waals surface area (Å²) >= 11 is 1.30. The minimum atomic E-state index is -1.05. The molecule has 2 heterocycles. The molecule has 0 aromatic heterocycles. The molecule has 1 unspecified atom stereocenters. The number of hydrogen-bond acceptors (Lipinski definition) is 7. The first-order valence-electron chi connectivity index (χ1n) is 12.0. The fourth-order valence-electron chi connectivity index (χ4n) is 4.25. The highest BCUT2D eigenvalue weighted by molar-refractivity contribution is 8.01. The zero-order valence-electron chi connectivity index (χ0n) is 19.7. The summed E-state index contributed by atoms with van der Waals surface area (Å²) in [4.78, 5) is 29.2. The molecule has 0 saturated carbocycles. The predicted molar refractivity (Wildman–Crippen MR) is 131 cm³/mol. The number of likely N-dealkylation sites (tertiary alicyclic amines) is 1. The summed E-state index contributed by atoms with van der Waals surface area (Å²) < 4.78 is 18.4. The molecule has 0 bridgehead atoms. The lowest BCUT2D eigenvalue weighted by atomic mass is 10.1. The van der Waals surface area contributed by atoms with Gasteiger partial charge < -0.3 is 20.3 Å². The fourth-order valence-corrected chi connectivity index (χ4v) is 5.76. The number of hydrogen-bond donors (Lipinski definition) is 2. The molecule has 1 aromatic rings. The number of carbonyl (C=O) groups excluding carboxylic acids is 2. The van der Waals surface area contributed by atoms with Gasteiger partial charge in [0.2, 0.25) is 11.8 Å². The lowest BCUT2D eigenvalue weighted by molar-refractivity contribution is -0.131. The van der Waals surface area contributed by atoms with Crippen LogP contribution in [0.2, 0.25) is 0 Å². The van der Waals surface area contributed by atoms with Crippen LogP contribution in [-0.4, -0.2) is 84.8 Å². The molecular weight excluding hydrogens is 457 g/mol. The molecule has 2 aliphatic heterocycles. The highest BCUT2D eigenvalue weighted by Crippen LogP contribution is 2.36. The Morgan fingerprint density at radius 3 is 2.85 bits per heavy atom. The first-order valence-corrected chi connectivity index (χ1v) is 12.9. The smallest absolute Gasteiger partial charge is 0.240 e. The van der Waals surface area contributed by atoms with Crippen LogP contribution in [0.1, 0.15) is 26.2 Å². The summed E-state index contributed by atoms with van der Waals surface area (Å²) in [6.07, 6.45) is 3.82. The number of ether oxygens (including phenoxy) is 1. The number of alkyl halides is 1. The molecule has 2 fully saturated rings. The minimum Gasteiger partial charge on any atom is -0.492 e. The van der Waals surface area contributed by atoms with Gasteiger partial charge in [-0.3, -0.25) is 14.5 Å². The third-order valence-corrected chi connectivity index (χ3v) is 7.56. The standard InChI is InChI=1S/C24H34FN5O3S/c1-2-30-23(32)21(34-24(30)20(16-26)22(31)27-10-9-25)17-28-18-7-6-8-19(15-18)33-14-13-29-11-4-3-5-12-29/h6-8,15,20-21,24,28H,2-5,9-14,17H2,1H3,(H,27,31)/t20-,21-,24?/m1/s1. The maximum Gasteiger partial charge on any atom is 0.240 e. The summed E-state index contributed by atoms with van der Waals surface area (Å²) in [7, 11) is 0. The second-order valence-electron chi connectivity index (χ2n) is 8.39. The van der Waals surface area contributed by atoms with E-state index in [0.29, 0.717) is 19.7 Å². The van der Waals surface area contributed by atoms with Crippen molar-refractivity contribution in [3.8, 4) is 11.8 Å². The Morgan fingerprint density at radius 1 is 1.35 bits per heavy atom. The van der Waals surface area contributed by atoms with E-state index in [1.54, 1.807) is 4.90 Å². The Bertz CT molecular complexity index is 861. The molecular formula is C24H34FN5O3S. The summed E-state index contributed by atoms with van der Waals surface area (Å²) in [6.45, 7) is 5.54. The quantitative estimate of drug-likeness (QED) is 0.464. The Morgan fingerprint density at radius 2 is 2.15 bits per heavy atom. The van der Waals surface area contributed by atoms with Crippen LogP contribution < -0.4 is 15.4 Å². The van der Waals surface area contributed by atoms with Crippen LogP contribution in [0.5, 0.6) is 5.75 Å². The van der Waals surface area contributed by atoms with Gasteiger partial charge in [-0.25, -0.2) is 4.39 Å². The van der Waals surface area contributed by atoms with Crippen molar-refractivity contribution in [3.05, 3.63) is 24.3 Å². The van der Waals surface area contributed by atoms with Crippen molar-refractivity contribution in [1.82, 2.24) is 15.1 Å². The number of nitrogens with zero attached hydrogens (tertiary/aromatic N) is 3. The van der Waals surface area contributed by atoms with Gasteiger partial charge in [0.25, 0.3) is 0 Å². The minimum absolute atomic E-state index is 0.113. The normalized spacial score (nSPS) is 21.7. The average molecular weight is 492 g/mol. The van der Waals surface area contributed by atoms with Crippen molar-refractivity contribution in [1.29, 1.82) is 5.26 Å². The van der Waals surface area contributed by atoms with E-state index in [2.05, 4.69) is 15.5 Å². The van der Waals surface area contributed by atoms with E-state index in [4.69, 9.17) is 4.74 Å². The van der Waals surface area contributed by atoms with Gasteiger partial charge in [-0.2, -0.15) is 5.26 Å². The third-order valence-electron chi connectivity index (χ3n) is 6.06. The van der Waals surface area contributed by atoms with Crippen molar-refractivity contribution in [2.75, 3.05) is 57.9 Å². The molecule has 34 heavy (non-hydrogen) atoms. The van der Waals surface area contributed by atoms with Gasteiger partial charge in [0.05, 0.1) is 6.07 Å². The Labute approximate surface area is 205 Å². The number of thioether (sulfide) groups is 1. The molecule has 0 spiro atoms. The van der Waals surface area contributed by atoms with Gasteiger partial charge in [0.1, 0.15) is 29.7 Å². The first kappa shape index (κ1) is 26.1. The van der Waals surface area contributed by atoms with E-state index in [9.17, 15) is 19.2 Å². The molecule has 2 aliphatic rings. The number of halogens is 1. The number of rotatable bonds is 12. The Balaban J connectivity index is 1.53. The van der Waals surface area contributed by atoms with Crippen molar-refractivity contribution in [2.24, 2.45) is 5.92 Å². The number of piperidine rings is 1. The molecule has 10 heteroatoms. The summed E-state index contributed by atoms with van der Waals surface area (Å²) in [5, 5.41) is 14.2. The van der Waals surface area contributed by atoms with Gasteiger partial charge in [0.15, 0.2) is 5.92 Å². The number of benzene rings is 1. The summed E-state index contributed by atoms with van der Waals surface area (Å²) in [6, 6.07) is 9.65. The van der Waals surface area contributed by atoms with Crippen LogP contribution in [0, 0.1) is 17.2 Å². The van der Waals surface area contributed by atoms with Gasteiger partial charge in [-0.05, 0) is 45.0 Å². The van der Waals surface area contributed by atoms with Crippen molar-refractivity contribution in [2.45, 2.75) is 36.8 Å². The molecule has 1 aromatic carbocycles. The van der Waals surface area contributed by atoms with Gasteiger partial charge in [0, 0.05) is 37.9 Å². The maximum absolute atomic E-state index is 12.9. The van der Waals surface area contributed by atoms with Crippen LogP contribution >= 0.6 is 11.8 Å². The number of amides is 2. The highest BCUT2D eigenvalue weighted by Gasteiger charge is 2.45. The van der Waals surface area contributed by atoms with Crippen LogP contribution in [0.25, 0.3) is 0 Å². The van der Waals surface area contributed by atoms with E-state index in [-0.39, 0.29) is 12.5 Å². The molecule has 2 amide bonds. The molecule has 2 saturated heterocycles. The zero-order chi connectivity index (χ0) is 24.3. The monoisotopic (exact) mass is 491 g/mol. The van der Waals surface area contributed by atoms with Gasteiger partial charge in [-0.1, -0.05) is 12.5 Å². The van der Waals surface area contributed by atoms with Crippen molar-refractivity contribution >= 4 is 29.3 Å². The van der Waals surface area contributed by atoms with Gasteiger partial charge >= 0.3 is 0 Å². The largest absolute Gasteiger partial charge is 0.492 e.